The molecule has 0 unspecified atom stereocenters. The third-order valence-corrected chi connectivity index (χ3v) is 0. The summed E-state index contributed by atoms with van der Waals surface area (Å²) in [5, 5.41) is 0. The summed E-state index contributed by atoms with van der Waals surface area (Å²) >= 11 is 0. The van der Waals surface area contributed by atoms with E-state index in [1.807, 2.05) is 0 Å². The van der Waals surface area contributed by atoms with Crippen molar-refractivity contribution < 1.29 is 18.6 Å². The maximum atomic E-state index is 4.50. The molecule has 1 nitrogen and oxygen atoms in total. The van der Waals surface area contributed by atoms with Crippen LogP contribution in [0.2, 0.25) is 0 Å². The molecule has 11 heavy (non-hydrogen) atoms. The van der Waals surface area contributed by atoms with Crippen LogP contribution in [-0.4, -0.2) is 7.05 Å². The first-order valence-corrected chi connectivity index (χ1v) is 3.41. The second-order valence-corrected chi connectivity index (χ2v) is 0. The molecule has 0 rings (SSSR count). The van der Waals surface area contributed by atoms with E-state index in [1.54, 1.807) is 27.7 Å². The molecule has 0 saturated carbocycles. The Bertz CT molecular complexity index is 9.52. The molecule has 0 aromatic carbocycles. The SMILES string of the molecule is CN.[CH2-]C.[CH2-]C.[CH2-]C.[CH2-]C.[V+4]. The standard InChI is InChI=1S/4C2H5.CH5N.V/c5*1-2;/h4*1H2,2H3;2H2,1H3;/q4*-1;;+4. The van der Waals surface area contributed by atoms with E-state index in [1.165, 1.54) is 7.05 Å². The molecule has 0 spiro atoms. The molecule has 71 valence electrons. The zero-order chi connectivity index (χ0) is 10.0. The number of rotatable bonds is 0. The van der Waals surface area contributed by atoms with Gasteiger partial charge in [0, 0.05) is 0 Å². The molecule has 0 heterocycles. The summed E-state index contributed by atoms with van der Waals surface area (Å²) in [6.07, 6.45) is 0. The zero-order valence-electron chi connectivity index (χ0n) is 8.85. The van der Waals surface area contributed by atoms with Crippen LogP contribution in [0.3, 0.4) is 0 Å². The Morgan fingerprint density at radius 1 is 0.545 bits per heavy atom. The molecule has 0 aliphatic carbocycles. The molecule has 0 bridgehead atoms. The van der Waals surface area contributed by atoms with Gasteiger partial charge in [0.2, 0.25) is 0 Å². The van der Waals surface area contributed by atoms with Gasteiger partial charge in [-0.2, -0.15) is 27.7 Å². The predicted octanol–water partition coefficient (Wildman–Crippen LogP) is 2.93. The van der Waals surface area contributed by atoms with Crippen LogP contribution in [0.15, 0.2) is 0 Å². The van der Waals surface area contributed by atoms with Crippen LogP contribution in [0.1, 0.15) is 27.7 Å². The molecule has 2 heteroatoms. The molecule has 0 aromatic heterocycles. The van der Waals surface area contributed by atoms with Gasteiger partial charge in [-0.1, -0.05) is 0 Å². The van der Waals surface area contributed by atoms with Gasteiger partial charge in [-0.25, -0.2) is 0 Å². The van der Waals surface area contributed by atoms with E-state index in [9.17, 15) is 0 Å². The third-order valence-electron chi connectivity index (χ3n) is 0. The minimum Gasteiger partial charge on any atom is -0.346 e. The van der Waals surface area contributed by atoms with Crippen molar-refractivity contribution in [1.82, 2.24) is 0 Å². The van der Waals surface area contributed by atoms with Crippen molar-refractivity contribution in [3.05, 3.63) is 27.7 Å². The quantitative estimate of drug-likeness (QED) is 0.595. The molecular formula is C9H25NV. The number of hydrogen-bond acceptors (Lipinski definition) is 1. The van der Waals surface area contributed by atoms with Crippen molar-refractivity contribution in [1.29, 1.82) is 0 Å². The van der Waals surface area contributed by atoms with E-state index in [2.05, 4.69) is 33.4 Å². The Kier molecular flexibility index (Phi) is 12300. The van der Waals surface area contributed by atoms with Crippen molar-refractivity contribution in [3.63, 3.8) is 0 Å². The van der Waals surface area contributed by atoms with Crippen LogP contribution in [0.5, 0.6) is 0 Å². The van der Waals surface area contributed by atoms with Gasteiger partial charge >= 0.3 is 18.6 Å². The van der Waals surface area contributed by atoms with Gasteiger partial charge in [0.15, 0.2) is 0 Å². The molecule has 0 fully saturated rings. The van der Waals surface area contributed by atoms with Gasteiger partial charge in [0.1, 0.15) is 0 Å². The van der Waals surface area contributed by atoms with Crippen molar-refractivity contribution in [3.8, 4) is 0 Å². The molecule has 0 amide bonds. The maximum Gasteiger partial charge on any atom is 4.00 e. The second kappa shape index (κ2) is 3240. The van der Waals surface area contributed by atoms with E-state index < -0.39 is 0 Å². The predicted molar refractivity (Wildman–Crippen MR) is 54.2 cm³/mol. The smallest absolute Gasteiger partial charge is 0.346 e. The van der Waals surface area contributed by atoms with Crippen LogP contribution in [0.25, 0.3) is 0 Å². The van der Waals surface area contributed by atoms with Gasteiger partial charge in [-0.15, -0.1) is 0 Å². The van der Waals surface area contributed by atoms with Gasteiger partial charge in [-0.05, 0) is 7.05 Å². The van der Waals surface area contributed by atoms with E-state index in [0.29, 0.717) is 0 Å². The molecule has 0 saturated heterocycles. The van der Waals surface area contributed by atoms with E-state index >= 15 is 0 Å². The van der Waals surface area contributed by atoms with Crippen LogP contribution in [-0.2, 0) is 18.6 Å². The van der Waals surface area contributed by atoms with Crippen LogP contribution in [0.4, 0.5) is 0 Å². The van der Waals surface area contributed by atoms with E-state index in [0.717, 1.165) is 0 Å². The summed E-state index contributed by atoms with van der Waals surface area (Å²) in [6.45, 7) is 20.0. The molecule has 0 aliphatic rings. The molecule has 0 atom stereocenters. The average molecular weight is 198 g/mol. The normalized spacial score (nSPS) is 2.73. The fraction of sp³-hybridized carbons (Fsp3) is 0.556. The van der Waals surface area contributed by atoms with E-state index in [-0.39, 0.29) is 18.6 Å². The average Bonchev–Trinajstić information content (AvgIpc) is 2.20. The van der Waals surface area contributed by atoms with Crippen LogP contribution < -0.4 is 5.73 Å². The van der Waals surface area contributed by atoms with Crippen molar-refractivity contribution in [2.75, 3.05) is 7.05 Å². The summed E-state index contributed by atoms with van der Waals surface area (Å²) in [4.78, 5) is 0. The summed E-state index contributed by atoms with van der Waals surface area (Å²) in [6, 6.07) is 0. The Hall–Kier alpha value is 0.544. The first-order chi connectivity index (χ1) is 5.00. The Labute approximate surface area is 87.0 Å². The van der Waals surface area contributed by atoms with Crippen LogP contribution >= 0.6 is 0 Å². The summed E-state index contributed by atoms with van der Waals surface area (Å²) in [5.41, 5.74) is 4.50. The molecule has 0 aromatic rings. The first kappa shape index (κ1) is 41.8. The Morgan fingerprint density at radius 3 is 0.545 bits per heavy atom. The van der Waals surface area contributed by atoms with Gasteiger partial charge in [-0.3, -0.25) is 0 Å². The summed E-state index contributed by atoms with van der Waals surface area (Å²) in [5.74, 6) is 0. The van der Waals surface area contributed by atoms with Crippen molar-refractivity contribution >= 4 is 0 Å². The zero-order valence-corrected chi connectivity index (χ0v) is 10.2. The van der Waals surface area contributed by atoms with Gasteiger partial charge in [0.25, 0.3) is 0 Å². The molecule has 1 radical (unpaired) electrons. The second-order valence-electron chi connectivity index (χ2n) is 0. The Morgan fingerprint density at radius 2 is 0.545 bits per heavy atom. The summed E-state index contributed by atoms with van der Waals surface area (Å²) in [7, 11) is 1.50. The molecule has 0 aliphatic heterocycles. The van der Waals surface area contributed by atoms with Gasteiger partial charge in [0.05, 0.1) is 0 Å². The fourth-order valence-corrected chi connectivity index (χ4v) is 0. The molecular weight excluding hydrogens is 173 g/mol. The molecule has 2 N–H and O–H groups in total. The largest absolute Gasteiger partial charge is 4.00 e. The monoisotopic (exact) mass is 198 g/mol. The third kappa shape index (κ3) is 2600. The van der Waals surface area contributed by atoms with Crippen molar-refractivity contribution in [2.45, 2.75) is 27.7 Å². The van der Waals surface area contributed by atoms with Crippen LogP contribution in [0, 0.1) is 27.7 Å². The van der Waals surface area contributed by atoms with E-state index in [4.69, 9.17) is 0 Å². The number of nitrogens with two attached hydrogens (primary N) is 1. The minimum atomic E-state index is 0. The fourth-order valence-electron chi connectivity index (χ4n) is 0. The maximum absolute atomic E-state index is 4.50. The first-order valence-electron chi connectivity index (χ1n) is 3.41. The topological polar surface area (TPSA) is 26.0 Å². The Balaban J connectivity index is -0.00000000694. The van der Waals surface area contributed by atoms with Crippen molar-refractivity contribution in [2.24, 2.45) is 5.73 Å². The summed E-state index contributed by atoms with van der Waals surface area (Å²) < 4.78 is 0. The van der Waals surface area contributed by atoms with Gasteiger partial charge < -0.3 is 33.4 Å². The number of hydrogen-bond donors (Lipinski definition) is 1. The minimum absolute atomic E-state index is 0.